The molecule has 104 valence electrons. The van der Waals surface area contributed by atoms with Gasteiger partial charge in [-0.05, 0) is 31.2 Å². The quantitative estimate of drug-likeness (QED) is 0.836. The molecule has 0 aliphatic heterocycles. The minimum absolute atomic E-state index is 0.252. The van der Waals surface area contributed by atoms with E-state index >= 15 is 0 Å². The monoisotopic (exact) mass is 272 g/mol. The van der Waals surface area contributed by atoms with Crippen LogP contribution in [0.3, 0.4) is 0 Å². The number of benzene rings is 1. The fourth-order valence-electron chi connectivity index (χ4n) is 1.66. The van der Waals surface area contributed by atoms with Crippen molar-refractivity contribution in [2.75, 3.05) is 0 Å². The van der Waals surface area contributed by atoms with Crippen LogP contribution in [0.1, 0.15) is 28.1 Å². The Morgan fingerprint density at radius 1 is 1.10 bits per heavy atom. The van der Waals surface area contributed by atoms with Crippen LogP contribution in [-0.4, -0.2) is 11.8 Å². The second kappa shape index (κ2) is 6.56. The van der Waals surface area contributed by atoms with Gasteiger partial charge in [0, 0.05) is 18.4 Å². The van der Waals surface area contributed by atoms with Crippen molar-refractivity contribution in [2.24, 2.45) is 0 Å². The number of hydrogen-bond acceptors (Lipinski definition) is 3. The molecular weight excluding hydrogens is 256 g/mol. The van der Waals surface area contributed by atoms with Gasteiger partial charge in [-0.25, -0.2) is 0 Å². The first-order valence-corrected chi connectivity index (χ1v) is 6.33. The summed E-state index contributed by atoms with van der Waals surface area (Å²) in [6.07, 6.45) is 2.31. The smallest absolute Gasteiger partial charge is 0.269 e. The van der Waals surface area contributed by atoms with E-state index in [2.05, 4.69) is 10.9 Å². The van der Waals surface area contributed by atoms with Crippen LogP contribution in [0.15, 0.2) is 47.1 Å². The highest BCUT2D eigenvalue weighted by Gasteiger charge is 2.07. The van der Waals surface area contributed by atoms with E-state index in [0.717, 1.165) is 11.3 Å². The van der Waals surface area contributed by atoms with Crippen LogP contribution >= 0.6 is 0 Å². The van der Waals surface area contributed by atoms with Crippen LogP contribution < -0.4 is 10.9 Å². The number of carbonyl (C=O) groups is 2. The molecule has 1 aromatic carbocycles. The molecule has 5 nitrogen and oxygen atoms in total. The van der Waals surface area contributed by atoms with Crippen molar-refractivity contribution in [2.45, 2.75) is 19.8 Å². The fraction of sp³-hybridized carbons (Fsp3) is 0.200. The van der Waals surface area contributed by atoms with Crippen molar-refractivity contribution < 1.29 is 14.0 Å². The zero-order chi connectivity index (χ0) is 14.4. The van der Waals surface area contributed by atoms with Crippen LogP contribution in [0, 0.1) is 6.92 Å². The third kappa shape index (κ3) is 3.98. The summed E-state index contributed by atoms with van der Waals surface area (Å²) < 4.78 is 5.12. The molecule has 2 N–H and O–H groups in total. The summed E-state index contributed by atoms with van der Waals surface area (Å²) in [4.78, 5) is 23.3. The minimum Gasteiger partial charge on any atom is -0.469 e. The number of aryl methyl sites for hydroxylation is 2. The maximum Gasteiger partial charge on any atom is 0.269 e. The maximum absolute atomic E-state index is 11.7. The number of amides is 2. The largest absolute Gasteiger partial charge is 0.469 e. The van der Waals surface area contributed by atoms with Crippen LogP contribution in [-0.2, 0) is 11.2 Å². The molecule has 0 saturated heterocycles. The SMILES string of the molecule is Cc1ccc(C(=O)NNC(=O)CCc2ccco2)cc1. The molecule has 0 atom stereocenters. The molecule has 0 bridgehead atoms. The normalized spacial score (nSPS) is 10.1. The summed E-state index contributed by atoms with van der Waals surface area (Å²) in [6, 6.07) is 10.7. The van der Waals surface area contributed by atoms with Crippen molar-refractivity contribution in [3.63, 3.8) is 0 Å². The van der Waals surface area contributed by atoms with Gasteiger partial charge in [0.1, 0.15) is 5.76 Å². The predicted molar refractivity (Wildman–Crippen MR) is 73.8 cm³/mol. The van der Waals surface area contributed by atoms with E-state index in [1.54, 1.807) is 30.5 Å². The Labute approximate surface area is 117 Å². The lowest BCUT2D eigenvalue weighted by molar-refractivity contribution is -0.121. The van der Waals surface area contributed by atoms with Gasteiger partial charge in [-0.15, -0.1) is 0 Å². The van der Waals surface area contributed by atoms with Crippen molar-refractivity contribution in [3.05, 3.63) is 59.5 Å². The van der Waals surface area contributed by atoms with Gasteiger partial charge >= 0.3 is 0 Å². The zero-order valence-electron chi connectivity index (χ0n) is 11.2. The van der Waals surface area contributed by atoms with E-state index in [1.807, 2.05) is 19.1 Å². The van der Waals surface area contributed by atoms with Crippen molar-refractivity contribution in [3.8, 4) is 0 Å². The molecule has 20 heavy (non-hydrogen) atoms. The fourth-order valence-corrected chi connectivity index (χ4v) is 1.66. The van der Waals surface area contributed by atoms with E-state index in [9.17, 15) is 9.59 Å². The van der Waals surface area contributed by atoms with Gasteiger partial charge in [-0.1, -0.05) is 17.7 Å². The predicted octanol–water partition coefficient (Wildman–Crippen LogP) is 1.98. The molecule has 2 aromatic rings. The number of nitrogens with one attached hydrogen (secondary N) is 2. The molecule has 0 aliphatic carbocycles. The van der Waals surface area contributed by atoms with Crippen LogP contribution in [0.25, 0.3) is 0 Å². The van der Waals surface area contributed by atoms with E-state index in [1.165, 1.54) is 0 Å². The molecule has 0 saturated carbocycles. The standard InChI is InChI=1S/C15H16N2O3/c1-11-4-6-12(7-5-11)15(19)17-16-14(18)9-8-13-3-2-10-20-13/h2-7,10H,8-9H2,1H3,(H,16,18)(H,17,19). The number of carbonyl (C=O) groups excluding carboxylic acids is 2. The lowest BCUT2D eigenvalue weighted by Crippen LogP contribution is -2.41. The molecule has 2 rings (SSSR count). The van der Waals surface area contributed by atoms with E-state index in [0.29, 0.717) is 12.0 Å². The first-order valence-electron chi connectivity index (χ1n) is 6.33. The summed E-state index contributed by atoms with van der Waals surface area (Å²) in [7, 11) is 0. The number of furan rings is 1. The van der Waals surface area contributed by atoms with Gasteiger partial charge in [0.25, 0.3) is 5.91 Å². The first-order chi connectivity index (χ1) is 9.65. The molecule has 0 unspecified atom stereocenters. The summed E-state index contributed by atoms with van der Waals surface area (Å²) in [6.45, 7) is 1.94. The molecule has 1 heterocycles. The lowest BCUT2D eigenvalue weighted by atomic mass is 10.1. The maximum atomic E-state index is 11.7. The summed E-state index contributed by atoms with van der Waals surface area (Å²) in [5.74, 6) is 0.142. The molecule has 0 fully saturated rings. The molecule has 5 heteroatoms. The third-order valence-electron chi connectivity index (χ3n) is 2.81. The zero-order valence-corrected chi connectivity index (χ0v) is 11.2. The van der Waals surface area contributed by atoms with Crippen LogP contribution in [0.2, 0.25) is 0 Å². The van der Waals surface area contributed by atoms with E-state index < -0.39 is 0 Å². The molecule has 0 radical (unpaired) electrons. The highest BCUT2D eigenvalue weighted by Crippen LogP contribution is 2.04. The Hall–Kier alpha value is -2.56. The van der Waals surface area contributed by atoms with Crippen molar-refractivity contribution >= 4 is 11.8 Å². The lowest BCUT2D eigenvalue weighted by Gasteiger charge is -2.07. The molecule has 0 aliphatic rings. The topological polar surface area (TPSA) is 71.3 Å². The van der Waals surface area contributed by atoms with Crippen LogP contribution in [0.4, 0.5) is 0 Å². The van der Waals surface area contributed by atoms with E-state index in [-0.39, 0.29) is 18.2 Å². The second-order valence-corrected chi connectivity index (χ2v) is 4.45. The average molecular weight is 272 g/mol. The summed E-state index contributed by atoms with van der Waals surface area (Å²) >= 11 is 0. The average Bonchev–Trinajstić information content (AvgIpc) is 2.96. The van der Waals surface area contributed by atoms with Crippen LogP contribution in [0.5, 0.6) is 0 Å². The van der Waals surface area contributed by atoms with Gasteiger partial charge < -0.3 is 4.42 Å². The van der Waals surface area contributed by atoms with Crippen molar-refractivity contribution in [1.29, 1.82) is 0 Å². The van der Waals surface area contributed by atoms with Gasteiger partial charge in [-0.3, -0.25) is 20.4 Å². The summed E-state index contributed by atoms with van der Waals surface area (Å²) in [5.41, 5.74) is 6.33. The Morgan fingerprint density at radius 2 is 1.85 bits per heavy atom. The van der Waals surface area contributed by atoms with Crippen molar-refractivity contribution in [1.82, 2.24) is 10.9 Å². The number of hydrogen-bond donors (Lipinski definition) is 2. The van der Waals surface area contributed by atoms with Gasteiger partial charge in [0.15, 0.2) is 0 Å². The molecule has 1 aromatic heterocycles. The molecule has 2 amide bonds. The first kappa shape index (κ1) is 13.9. The highest BCUT2D eigenvalue weighted by molar-refractivity contribution is 5.95. The second-order valence-electron chi connectivity index (χ2n) is 4.45. The van der Waals surface area contributed by atoms with Gasteiger partial charge in [0.2, 0.25) is 5.91 Å². The summed E-state index contributed by atoms with van der Waals surface area (Å²) in [5, 5.41) is 0. The third-order valence-corrected chi connectivity index (χ3v) is 2.81. The number of hydrazine groups is 1. The molecular formula is C15H16N2O3. The Balaban J connectivity index is 1.75. The van der Waals surface area contributed by atoms with Gasteiger partial charge in [0.05, 0.1) is 6.26 Å². The highest BCUT2D eigenvalue weighted by atomic mass is 16.3. The minimum atomic E-state index is -0.337. The van der Waals surface area contributed by atoms with E-state index in [4.69, 9.17) is 4.42 Å². The van der Waals surface area contributed by atoms with Gasteiger partial charge in [-0.2, -0.15) is 0 Å². The number of rotatable bonds is 4. The molecule has 0 spiro atoms. The Bertz CT molecular complexity index is 574. The Morgan fingerprint density at radius 3 is 2.50 bits per heavy atom. The Kier molecular flexibility index (Phi) is 4.55.